The van der Waals surface area contributed by atoms with Crippen molar-refractivity contribution in [3.63, 3.8) is 0 Å². The fourth-order valence-electron chi connectivity index (χ4n) is 1.14. The van der Waals surface area contributed by atoms with Gasteiger partial charge in [-0.3, -0.25) is 0 Å². The molecule has 0 saturated heterocycles. The molecule has 0 spiro atoms. The fraction of sp³-hybridized carbons (Fsp3) is 0.400. The van der Waals surface area contributed by atoms with Gasteiger partial charge in [0.2, 0.25) is 10.0 Å². The zero-order valence-electron chi connectivity index (χ0n) is 9.52. The number of aliphatic hydroxyl groups excluding tert-OH is 2. The lowest BCUT2D eigenvalue weighted by Gasteiger charge is -2.25. The number of aliphatic hydroxyl groups is 2. The van der Waals surface area contributed by atoms with Gasteiger partial charge in [-0.25, -0.2) is 13.1 Å². The molecule has 0 atom stereocenters. The first-order valence-corrected chi connectivity index (χ1v) is 7.60. The summed E-state index contributed by atoms with van der Waals surface area (Å²) in [6.07, 6.45) is 0. The molecule has 3 N–H and O–H groups in total. The summed E-state index contributed by atoms with van der Waals surface area (Å²) >= 11 is 8.91. The van der Waals surface area contributed by atoms with Crippen molar-refractivity contribution in [3.8, 4) is 0 Å². The summed E-state index contributed by atoms with van der Waals surface area (Å²) < 4.78 is 26.8. The van der Waals surface area contributed by atoms with Crippen LogP contribution in [0.25, 0.3) is 0 Å². The van der Waals surface area contributed by atoms with Crippen LogP contribution in [0.4, 0.5) is 0 Å². The van der Waals surface area contributed by atoms with E-state index in [-0.39, 0.29) is 4.90 Å². The average molecular weight is 359 g/mol. The van der Waals surface area contributed by atoms with Crippen LogP contribution in [-0.4, -0.2) is 37.4 Å². The molecule has 0 heterocycles. The summed E-state index contributed by atoms with van der Waals surface area (Å²) in [6, 6.07) is 4.12. The lowest BCUT2D eigenvalue weighted by atomic mass is 10.1. The molecule has 0 aliphatic rings. The van der Waals surface area contributed by atoms with E-state index in [2.05, 4.69) is 20.7 Å². The molecule has 0 radical (unpaired) electrons. The minimum Gasteiger partial charge on any atom is -0.394 e. The van der Waals surface area contributed by atoms with E-state index in [9.17, 15) is 8.42 Å². The Morgan fingerprint density at radius 3 is 2.39 bits per heavy atom. The highest BCUT2D eigenvalue weighted by Gasteiger charge is 2.29. The molecular formula is C10H13BrClNO4S. The van der Waals surface area contributed by atoms with Gasteiger partial charge in [-0.2, -0.15) is 0 Å². The Morgan fingerprint density at radius 1 is 1.39 bits per heavy atom. The summed E-state index contributed by atoms with van der Waals surface area (Å²) in [4.78, 5) is -0.00750. The molecule has 8 heteroatoms. The van der Waals surface area contributed by atoms with Gasteiger partial charge in [0.05, 0.1) is 28.7 Å². The van der Waals surface area contributed by atoms with Gasteiger partial charge >= 0.3 is 0 Å². The van der Waals surface area contributed by atoms with Crippen LogP contribution in [0.5, 0.6) is 0 Å². The largest absolute Gasteiger partial charge is 0.394 e. The van der Waals surface area contributed by atoms with Gasteiger partial charge in [0.1, 0.15) is 0 Å². The van der Waals surface area contributed by atoms with Crippen LogP contribution in [-0.2, 0) is 10.0 Å². The Hall–Kier alpha value is -0.180. The molecular weight excluding hydrogens is 346 g/mol. The van der Waals surface area contributed by atoms with Crippen molar-refractivity contribution in [2.75, 3.05) is 13.2 Å². The van der Waals surface area contributed by atoms with Crippen LogP contribution < -0.4 is 4.72 Å². The summed E-state index contributed by atoms with van der Waals surface area (Å²) in [7, 11) is -3.84. The molecule has 5 nitrogen and oxygen atoms in total. The summed E-state index contributed by atoms with van der Waals surface area (Å²) in [5, 5.41) is 18.5. The normalized spacial score (nSPS) is 12.7. The SMILES string of the molecule is CC(CO)(CO)NS(=O)(=O)c1ccc(Cl)c(Br)c1. The molecule has 0 unspecified atom stereocenters. The van der Waals surface area contributed by atoms with Crippen molar-refractivity contribution in [2.24, 2.45) is 0 Å². The molecule has 0 fully saturated rings. The summed E-state index contributed by atoms with van der Waals surface area (Å²) in [5.41, 5.74) is -1.31. The number of halogens is 2. The zero-order valence-corrected chi connectivity index (χ0v) is 12.7. The topological polar surface area (TPSA) is 86.6 Å². The highest BCUT2D eigenvalue weighted by molar-refractivity contribution is 9.10. The Kier molecular flexibility index (Phi) is 5.16. The standard InChI is InChI=1S/C10H13BrClNO4S/c1-10(5-14,6-15)13-18(16,17)7-2-3-9(12)8(11)4-7/h2-4,13-15H,5-6H2,1H3. The molecule has 1 rings (SSSR count). The van der Waals surface area contributed by atoms with Gasteiger partial charge in [-0.15, -0.1) is 0 Å². The third-order valence-corrected chi connectivity index (χ3v) is 5.13. The second kappa shape index (κ2) is 5.85. The molecule has 0 aliphatic carbocycles. The Morgan fingerprint density at radius 2 is 1.94 bits per heavy atom. The Bertz CT molecular complexity index is 531. The van der Waals surface area contributed by atoms with E-state index in [0.29, 0.717) is 9.50 Å². The second-order valence-electron chi connectivity index (χ2n) is 4.06. The molecule has 0 aliphatic heterocycles. The van der Waals surface area contributed by atoms with Crippen molar-refractivity contribution >= 4 is 37.6 Å². The third kappa shape index (κ3) is 3.66. The first kappa shape index (κ1) is 15.9. The minimum absolute atomic E-state index is 0.00750. The van der Waals surface area contributed by atoms with Crippen LogP contribution in [0.15, 0.2) is 27.6 Å². The molecule has 0 saturated carbocycles. The first-order valence-electron chi connectivity index (χ1n) is 4.95. The Balaban J connectivity index is 3.10. The number of hydrogen-bond acceptors (Lipinski definition) is 4. The second-order valence-corrected chi connectivity index (χ2v) is 7.00. The van der Waals surface area contributed by atoms with Crippen molar-refractivity contribution < 1.29 is 18.6 Å². The molecule has 0 aromatic heterocycles. The number of sulfonamides is 1. The lowest BCUT2D eigenvalue weighted by Crippen LogP contribution is -2.51. The molecule has 102 valence electrons. The number of nitrogens with one attached hydrogen (secondary N) is 1. The average Bonchev–Trinajstić information content (AvgIpc) is 2.32. The highest BCUT2D eigenvalue weighted by atomic mass is 79.9. The monoisotopic (exact) mass is 357 g/mol. The van der Waals surface area contributed by atoms with Crippen LogP contribution in [0, 0.1) is 0 Å². The van der Waals surface area contributed by atoms with Gasteiger partial charge in [0.15, 0.2) is 0 Å². The van der Waals surface area contributed by atoms with Crippen LogP contribution in [0.1, 0.15) is 6.92 Å². The maximum absolute atomic E-state index is 12.0. The quantitative estimate of drug-likeness (QED) is 0.736. The Labute approximate surface area is 119 Å². The molecule has 1 aromatic carbocycles. The predicted octanol–water partition coefficient (Wildman–Crippen LogP) is 1.12. The van der Waals surface area contributed by atoms with E-state index in [4.69, 9.17) is 21.8 Å². The highest BCUT2D eigenvalue weighted by Crippen LogP contribution is 2.25. The van der Waals surface area contributed by atoms with E-state index in [1.54, 1.807) is 0 Å². The van der Waals surface area contributed by atoms with E-state index < -0.39 is 28.8 Å². The zero-order chi connectivity index (χ0) is 14.0. The van der Waals surface area contributed by atoms with Crippen LogP contribution in [0.2, 0.25) is 5.02 Å². The van der Waals surface area contributed by atoms with Gasteiger partial charge < -0.3 is 10.2 Å². The van der Waals surface area contributed by atoms with E-state index in [1.807, 2.05) is 0 Å². The van der Waals surface area contributed by atoms with Gasteiger partial charge in [-0.05, 0) is 41.1 Å². The fourth-order valence-corrected chi connectivity index (χ4v) is 3.21. The van der Waals surface area contributed by atoms with Gasteiger partial charge in [0.25, 0.3) is 0 Å². The molecule has 18 heavy (non-hydrogen) atoms. The van der Waals surface area contributed by atoms with Crippen molar-refractivity contribution in [1.29, 1.82) is 0 Å². The van der Waals surface area contributed by atoms with Gasteiger partial charge in [0, 0.05) is 4.47 Å². The number of benzene rings is 1. The predicted molar refractivity (Wildman–Crippen MR) is 72.1 cm³/mol. The minimum atomic E-state index is -3.84. The van der Waals surface area contributed by atoms with Crippen LogP contribution in [0.3, 0.4) is 0 Å². The van der Waals surface area contributed by atoms with Crippen molar-refractivity contribution in [3.05, 3.63) is 27.7 Å². The smallest absolute Gasteiger partial charge is 0.241 e. The van der Waals surface area contributed by atoms with Crippen LogP contribution >= 0.6 is 27.5 Å². The lowest BCUT2D eigenvalue weighted by molar-refractivity contribution is 0.122. The summed E-state index contributed by atoms with van der Waals surface area (Å²) in [5.74, 6) is 0. The van der Waals surface area contributed by atoms with E-state index in [1.165, 1.54) is 25.1 Å². The van der Waals surface area contributed by atoms with Gasteiger partial charge in [-0.1, -0.05) is 11.6 Å². The maximum Gasteiger partial charge on any atom is 0.241 e. The molecule has 0 amide bonds. The number of hydrogen-bond donors (Lipinski definition) is 3. The maximum atomic E-state index is 12.0. The van der Waals surface area contributed by atoms with Crippen molar-refractivity contribution in [1.82, 2.24) is 4.72 Å². The van der Waals surface area contributed by atoms with E-state index >= 15 is 0 Å². The van der Waals surface area contributed by atoms with Crippen molar-refractivity contribution in [2.45, 2.75) is 17.4 Å². The third-order valence-electron chi connectivity index (χ3n) is 2.28. The first-order chi connectivity index (χ1) is 8.24. The molecule has 0 bridgehead atoms. The summed E-state index contributed by atoms with van der Waals surface area (Å²) in [6.45, 7) is 0.366. The number of rotatable bonds is 5. The molecule has 1 aromatic rings. The van der Waals surface area contributed by atoms with E-state index in [0.717, 1.165) is 0 Å².